The maximum atomic E-state index is 3.65. The third kappa shape index (κ3) is 1.69. The van der Waals surface area contributed by atoms with Gasteiger partial charge in [0, 0.05) is 21.4 Å². The Labute approximate surface area is 109 Å². The van der Waals surface area contributed by atoms with Crippen molar-refractivity contribution in [2.45, 2.75) is 38.3 Å². The monoisotopic (exact) mass is 297 g/mol. The van der Waals surface area contributed by atoms with Crippen LogP contribution < -0.4 is 0 Å². The molecular weight excluding hydrogens is 282 g/mol. The first-order valence-corrected chi connectivity index (χ1v) is 7.66. The van der Waals surface area contributed by atoms with E-state index in [-0.39, 0.29) is 0 Å². The molecule has 0 N–H and O–H groups in total. The molecule has 2 unspecified atom stereocenters. The van der Waals surface area contributed by atoms with Crippen molar-refractivity contribution >= 4 is 32.8 Å². The molecule has 1 saturated heterocycles. The van der Waals surface area contributed by atoms with Crippen molar-refractivity contribution in [3.05, 3.63) is 26.9 Å². The second-order valence-corrected chi connectivity index (χ2v) is 6.39. The summed E-state index contributed by atoms with van der Waals surface area (Å²) < 4.78 is 1.27. The SMILES string of the molecule is CCN1C2C=C(c3sccc3Br)CC1CC2. The van der Waals surface area contributed by atoms with Crippen molar-refractivity contribution in [2.75, 3.05) is 6.54 Å². The van der Waals surface area contributed by atoms with E-state index in [1.807, 2.05) is 11.3 Å². The number of fused-ring (bicyclic) bond motifs is 2. The zero-order valence-electron chi connectivity index (χ0n) is 9.45. The van der Waals surface area contributed by atoms with Gasteiger partial charge in [-0.15, -0.1) is 11.3 Å². The normalized spacial score (nSPS) is 29.5. The minimum absolute atomic E-state index is 0.702. The number of likely N-dealkylation sites (N-methyl/N-ethyl adjacent to an activating group) is 1. The van der Waals surface area contributed by atoms with E-state index in [4.69, 9.17) is 0 Å². The fourth-order valence-electron chi connectivity index (χ4n) is 3.10. The van der Waals surface area contributed by atoms with Crippen molar-refractivity contribution in [3.8, 4) is 0 Å². The van der Waals surface area contributed by atoms with Gasteiger partial charge in [0.1, 0.15) is 0 Å². The summed E-state index contributed by atoms with van der Waals surface area (Å²) in [6, 6.07) is 3.66. The highest BCUT2D eigenvalue weighted by molar-refractivity contribution is 9.10. The highest BCUT2D eigenvalue weighted by Gasteiger charge is 2.35. The fourth-order valence-corrected chi connectivity index (χ4v) is 4.77. The van der Waals surface area contributed by atoms with Crippen LogP contribution in [0.5, 0.6) is 0 Å². The van der Waals surface area contributed by atoms with E-state index in [0.717, 1.165) is 6.04 Å². The first-order chi connectivity index (χ1) is 7.79. The molecule has 0 saturated carbocycles. The third-order valence-corrected chi connectivity index (χ3v) is 5.73. The summed E-state index contributed by atoms with van der Waals surface area (Å²) in [5.41, 5.74) is 1.57. The molecule has 2 aliphatic rings. The van der Waals surface area contributed by atoms with Gasteiger partial charge in [-0.25, -0.2) is 0 Å². The van der Waals surface area contributed by atoms with Crippen LogP contribution in [0.25, 0.3) is 5.57 Å². The molecule has 1 aromatic heterocycles. The van der Waals surface area contributed by atoms with Crippen LogP contribution in [0.3, 0.4) is 0 Å². The van der Waals surface area contributed by atoms with E-state index in [9.17, 15) is 0 Å². The Morgan fingerprint density at radius 2 is 2.38 bits per heavy atom. The zero-order chi connectivity index (χ0) is 11.1. The topological polar surface area (TPSA) is 3.24 Å². The molecule has 3 heteroatoms. The molecule has 16 heavy (non-hydrogen) atoms. The van der Waals surface area contributed by atoms with Gasteiger partial charge in [0.25, 0.3) is 0 Å². The summed E-state index contributed by atoms with van der Waals surface area (Å²) in [6.45, 7) is 3.48. The third-order valence-electron chi connectivity index (χ3n) is 3.81. The predicted octanol–water partition coefficient (Wildman–Crippen LogP) is 4.15. The standard InChI is InChI=1S/C13H16BrNS/c1-2-15-10-3-4-11(15)8-9(7-10)13-12(14)5-6-16-13/h5-7,10-11H,2-4,8H2,1H3. The van der Waals surface area contributed by atoms with Crippen molar-refractivity contribution in [2.24, 2.45) is 0 Å². The first-order valence-electron chi connectivity index (χ1n) is 5.99. The Bertz CT molecular complexity index is 423. The van der Waals surface area contributed by atoms with Crippen molar-refractivity contribution in [1.29, 1.82) is 0 Å². The van der Waals surface area contributed by atoms with Gasteiger partial charge in [-0.05, 0) is 58.8 Å². The minimum atomic E-state index is 0.702. The molecule has 2 atom stereocenters. The van der Waals surface area contributed by atoms with E-state index < -0.39 is 0 Å². The molecule has 0 amide bonds. The molecular formula is C13H16BrNS. The van der Waals surface area contributed by atoms with Gasteiger partial charge in [0.15, 0.2) is 0 Å². The number of nitrogens with zero attached hydrogens (tertiary/aromatic N) is 1. The molecule has 0 aromatic carbocycles. The van der Waals surface area contributed by atoms with Crippen LogP contribution in [-0.4, -0.2) is 23.5 Å². The summed E-state index contributed by atoms with van der Waals surface area (Å²) in [7, 11) is 0. The van der Waals surface area contributed by atoms with Gasteiger partial charge < -0.3 is 0 Å². The van der Waals surface area contributed by atoms with Gasteiger partial charge in [0.2, 0.25) is 0 Å². The molecule has 2 aliphatic heterocycles. The average molecular weight is 298 g/mol. The maximum Gasteiger partial charge on any atom is 0.0442 e. The Kier molecular flexibility index (Phi) is 2.94. The van der Waals surface area contributed by atoms with E-state index in [1.165, 1.54) is 35.2 Å². The number of thiophene rings is 1. The second-order valence-electron chi connectivity index (χ2n) is 4.62. The lowest BCUT2D eigenvalue weighted by atomic mass is 10.00. The Morgan fingerprint density at radius 1 is 1.50 bits per heavy atom. The summed E-state index contributed by atoms with van der Waals surface area (Å²) in [5.74, 6) is 0. The van der Waals surface area contributed by atoms with Crippen molar-refractivity contribution < 1.29 is 0 Å². The van der Waals surface area contributed by atoms with E-state index in [0.29, 0.717) is 6.04 Å². The summed E-state index contributed by atoms with van der Waals surface area (Å²) in [5, 5.41) is 2.17. The van der Waals surface area contributed by atoms with Crippen LogP contribution in [-0.2, 0) is 0 Å². The lowest BCUT2D eigenvalue weighted by molar-refractivity contribution is 0.224. The molecule has 86 valence electrons. The van der Waals surface area contributed by atoms with Crippen LogP contribution in [0.15, 0.2) is 22.0 Å². The number of halogens is 1. The van der Waals surface area contributed by atoms with Gasteiger partial charge in [-0.2, -0.15) is 0 Å². The molecule has 1 nitrogen and oxygen atoms in total. The molecule has 3 rings (SSSR count). The van der Waals surface area contributed by atoms with Gasteiger partial charge in [0.05, 0.1) is 0 Å². The lowest BCUT2D eigenvalue weighted by Crippen LogP contribution is -2.37. The van der Waals surface area contributed by atoms with Gasteiger partial charge in [-0.3, -0.25) is 4.90 Å². The Morgan fingerprint density at radius 3 is 3.00 bits per heavy atom. The molecule has 2 bridgehead atoms. The number of hydrogen-bond donors (Lipinski definition) is 0. The summed E-state index contributed by atoms with van der Waals surface area (Å²) in [6.07, 6.45) is 6.47. The van der Waals surface area contributed by atoms with Crippen LogP contribution in [0.1, 0.15) is 31.1 Å². The largest absolute Gasteiger partial charge is 0.294 e. The fraction of sp³-hybridized carbons (Fsp3) is 0.538. The summed E-state index contributed by atoms with van der Waals surface area (Å²) >= 11 is 5.51. The van der Waals surface area contributed by atoms with Gasteiger partial charge in [-0.1, -0.05) is 13.0 Å². The maximum absolute atomic E-state index is 3.65. The number of hydrogen-bond acceptors (Lipinski definition) is 2. The predicted molar refractivity (Wildman–Crippen MR) is 73.8 cm³/mol. The molecule has 0 radical (unpaired) electrons. The van der Waals surface area contributed by atoms with Gasteiger partial charge >= 0.3 is 0 Å². The van der Waals surface area contributed by atoms with Crippen LogP contribution in [0.2, 0.25) is 0 Å². The van der Waals surface area contributed by atoms with E-state index in [2.05, 4.69) is 45.3 Å². The quantitative estimate of drug-likeness (QED) is 0.793. The Balaban J connectivity index is 1.93. The molecule has 0 spiro atoms. The smallest absolute Gasteiger partial charge is 0.0442 e. The highest BCUT2D eigenvalue weighted by Crippen LogP contribution is 2.41. The second kappa shape index (κ2) is 4.28. The van der Waals surface area contributed by atoms with Crippen molar-refractivity contribution in [3.63, 3.8) is 0 Å². The summed E-state index contributed by atoms with van der Waals surface area (Å²) in [4.78, 5) is 4.11. The first kappa shape index (κ1) is 11.0. The van der Waals surface area contributed by atoms with E-state index in [1.54, 1.807) is 5.57 Å². The molecule has 3 heterocycles. The lowest BCUT2D eigenvalue weighted by Gasteiger charge is -2.32. The number of rotatable bonds is 2. The zero-order valence-corrected chi connectivity index (χ0v) is 11.9. The van der Waals surface area contributed by atoms with Crippen molar-refractivity contribution in [1.82, 2.24) is 4.90 Å². The molecule has 0 aliphatic carbocycles. The Hall–Kier alpha value is -0.120. The average Bonchev–Trinajstić information content (AvgIpc) is 2.80. The van der Waals surface area contributed by atoms with Crippen LogP contribution >= 0.6 is 27.3 Å². The molecule has 1 aromatic rings. The minimum Gasteiger partial charge on any atom is -0.294 e. The van der Waals surface area contributed by atoms with Crippen LogP contribution in [0, 0.1) is 0 Å². The highest BCUT2D eigenvalue weighted by atomic mass is 79.9. The molecule has 1 fully saturated rings. The van der Waals surface area contributed by atoms with E-state index >= 15 is 0 Å². The van der Waals surface area contributed by atoms with Crippen LogP contribution in [0.4, 0.5) is 0 Å².